The molecule has 0 spiro atoms. The van der Waals surface area contributed by atoms with Gasteiger partial charge in [0.1, 0.15) is 6.07 Å². The average molecular weight is 224 g/mol. The van der Waals surface area contributed by atoms with Crippen LogP contribution in [0.5, 0.6) is 0 Å². The van der Waals surface area contributed by atoms with E-state index in [1.807, 2.05) is 6.07 Å². The molecule has 1 aromatic rings. The lowest BCUT2D eigenvalue weighted by molar-refractivity contribution is -0.114. The van der Waals surface area contributed by atoms with Crippen LogP contribution < -0.4 is 4.90 Å². The largest absolute Gasteiger partial charge is 0.310 e. The Hall–Kier alpha value is -2.52. The van der Waals surface area contributed by atoms with Gasteiger partial charge in [-0.05, 0) is 25.1 Å². The van der Waals surface area contributed by atoms with Crippen LogP contribution in [0.1, 0.15) is 18.1 Å². The van der Waals surface area contributed by atoms with Gasteiger partial charge in [0.25, 0.3) is 5.91 Å². The van der Waals surface area contributed by atoms with Gasteiger partial charge in [-0.15, -0.1) is 6.42 Å². The van der Waals surface area contributed by atoms with E-state index in [1.165, 1.54) is 4.90 Å². The number of amides is 1. The van der Waals surface area contributed by atoms with Crippen molar-refractivity contribution in [2.75, 3.05) is 11.9 Å². The number of anilines is 1. The molecule has 84 valence electrons. The van der Waals surface area contributed by atoms with E-state index >= 15 is 0 Å². The Kier molecular flexibility index (Phi) is 3.70. The average Bonchev–Trinajstić information content (AvgIpc) is 2.35. The van der Waals surface area contributed by atoms with E-state index in [0.29, 0.717) is 22.4 Å². The maximum atomic E-state index is 11.7. The molecule has 0 fully saturated rings. The predicted octanol–water partition coefficient (Wildman–Crippen LogP) is 2.08. The molecule has 3 heteroatoms. The second-order valence-corrected chi connectivity index (χ2v) is 3.63. The van der Waals surface area contributed by atoms with E-state index in [1.54, 1.807) is 32.2 Å². The van der Waals surface area contributed by atoms with Crippen molar-refractivity contribution >= 4 is 11.6 Å². The molecule has 0 heterocycles. The van der Waals surface area contributed by atoms with Crippen molar-refractivity contribution in [1.29, 1.82) is 5.26 Å². The van der Waals surface area contributed by atoms with Gasteiger partial charge in [-0.2, -0.15) is 5.26 Å². The van der Waals surface area contributed by atoms with E-state index < -0.39 is 0 Å². The number of rotatable bonds is 2. The van der Waals surface area contributed by atoms with Crippen molar-refractivity contribution in [3.05, 3.63) is 41.5 Å². The second kappa shape index (κ2) is 5.01. The van der Waals surface area contributed by atoms with E-state index in [-0.39, 0.29) is 5.91 Å². The number of terminal acetylenes is 1. The zero-order valence-corrected chi connectivity index (χ0v) is 9.82. The lowest BCUT2D eigenvalue weighted by Gasteiger charge is -2.18. The first kappa shape index (κ1) is 12.5. The van der Waals surface area contributed by atoms with Crippen molar-refractivity contribution in [1.82, 2.24) is 0 Å². The number of nitriles is 1. The number of nitrogens with zero attached hydrogens (tertiary/aromatic N) is 2. The molecule has 0 saturated carbocycles. The summed E-state index contributed by atoms with van der Waals surface area (Å²) in [5, 5.41) is 9.03. The van der Waals surface area contributed by atoms with Gasteiger partial charge >= 0.3 is 0 Å². The third-order valence-electron chi connectivity index (χ3n) is 2.31. The van der Waals surface area contributed by atoms with E-state index in [2.05, 4.69) is 12.5 Å². The van der Waals surface area contributed by atoms with Gasteiger partial charge < -0.3 is 4.90 Å². The highest BCUT2D eigenvalue weighted by atomic mass is 16.2. The van der Waals surface area contributed by atoms with Crippen molar-refractivity contribution in [3.63, 3.8) is 0 Å². The van der Waals surface area contributed by atoms with Crippen LogP contribution in [-0.4, -0.2) is 13.0 Å². The summed E-state index contributed by atoms with van der Waals surface area (Å²) in [6, 6.07) is 6.96. The summed E-state index contributed by atoms with van der Waals surface area (Å²) in [5.74, 6) is 2.22. The molecule has 0 aliphatic heterocycles. The van der Waals surface area contributed by atoms with E-state index in [4.69, 9.17) is 11.7 Å². The summed E-state index contributed by atoms with van der Waals surface area (Å²) in [4.78, 5) is 13.1. The first-order chi connectivity index (χ1) is 8.01. The molecule has 3 nitrogen and oxygen atoms in total. The van der Waals surface area contributed by atoms with Gasteiger partial charge in [-0.1, -0.05) is 12.5 Å². The molecule has 0 radical (unpaired) electrons. The van der Waals surface area contributed by atoms with Crippen LogP contribution in [0.25, 0.3) is 0 Å². The van der Waals surface area contributed by atoms with Crippen LogP contribution in [0.2, 0.25) is 0 Å². The second-order valence-electron chi connectivity index (χ2n) is 3.63. The molecule has 1 amide bonds. The molecule has 0 bridgehead atoms. The molecule has 1 aromatic carbocycles. The molecule has 17 heavy (non-hydrogen) atoms. The molecular formula is C14H12N2O. The minimum Gasteiger partial charge on any atom is -0.310 e. The SMILES string of the molecule is C#Cc1ccc(N(C)C(=O)C(=C)C)c(C#N)c1. The minimum atomic E-state index is -0.227. The van der Waals surface area contributed by atoms with Crippen LogP contribution >= 0.6 is 0 Å². The monoisotopic (exact) mass is 224 g/mol. The normalized spacial score (nSPS) is 8.94. The highest BCUT2D eigenvalue weighted by Gasteiger charge is 2.15. The third kappa shape index (κ3) is 2.53. The zero-order chi connectivity index (χ0) is 13.0. The molecule has 0 atom stereocenters. The van der Waals surface area contributed by atoms with Gasteiger partial charge in [0.15, 0.2) is 0 Å². The van der Waals surface area contributed by atoms with Crippen LogP contribution in [0.15, 0.2) is 30.4 Å². The fourth-order valence-electron chi connectivity index (χ4n) is 1.40. The Balaban J connectivity index is 3.25. The summed E-state index contributed by atoms with van der Waals surface area (Å²) >= 11 is 0. The standard InChI is InChI=1S/C14H12N2O/c1-5-11-6-7-13(12(8-11)9-15)16(4)14(17)10(2)3/h1,6-8H,2H2,3-4H3. The first-order valence-corrected chi connectivity index (χ1v) is 4.95. The Labute approximate surface area is 101 Å². The smallest absolute Gasteiger partial charge is 0.253 e. The maximum absolute atomic E-state index is 11.7. The van der Waals surface area contributed by atoms with Crippen LogP contribution in [0.4, 0.5) is 5.69 Å². The summed E-state index contributed by atoms with van der Waals surface area (Å²) < 4.78 is 0. The van der Waals surface area contributed by atoms with Crippen molar-refractivity contribution < 1.29 is 4.79 Å². The molecule has 0 aliphatic rings. The highest BCUT2D eigenvalue weighted by Crippen LogP contribution is 2.21. The quantitative estimate of drug-likeness (QED) is 0.570. The van der Waals surface area contributed by atoms with Gasteiger partial charge in [0, 0.05) is 18.2 Å². The number of likely N-dealkylation sites (N-methyl/N-ethyl adjacent to an activating group) is 1. The van der Waals surface area contributed by atoms with Crippen molar-refractivity contribution in [2.24, 2.45) is 0 Å². The van der Waals surface area contributed by atoms with E-state index in [0.717, 1.165) is 0 Å². The van der Waals surface area contributed by atoms with Crippen LogP contribution in [0.3, 0.4) is 0 Å². The number of benzene rings is 1. The summed E-state index contributed by atoms with van der Waals surface area (Å²) in [7, 11) is 1.60. The fourth-order valence-corrected chi connectivity index (χ4v) is 1.40. The van der Waals surface area contributed by atoms with Gasteiger partial charge in [-0.25, -0.2) is 0 Å². The Morgan fingerprint density at radius 1 is 1.53 bits per heavy atom. The topological polar surface area (TPSA) is 44.1 Å². The number of carbonyl (C=O) groups is 1. The van der Waals surface area contributed by atoms with Crippen LogP contribution in [0, 0.1) is 23.7 Å². The molecule has 0 aliphatic carbocycles. The Morgan fingerprint density at radius 2 is 2.18 bits per heavy atom. The minimum absolute atomic E-state index is 0.227. The summed E-state index contributed by atoms with van der Waals surface area (Å²) in [6.07, 6.45) is 5.25. The number of carbonyl (C=O) groups excluding carboxylic acids is 1. The summed E-state index contributed by atoms with van der Waals surface area (Å²) in [6.45, 7) is 5.21. The third-order valence-corrected chi connectivity index (χ3v) is 2.31. The Bertz CT molecular complexity index is 559. The lowest BCUT2D eigenvalue weighted by atomic mass is 10.1. The summed E-state index contributed by atoms with van der Waals surface area (Å²) in [5.41, 5.74) is 1.93. The highest BCUT2D eigenvalue weighted by molar-refractivity contribution is 6.05. The molecule has 1 rings (SSSR count). The predicted molar refractivity (Wildman–Crippen MR) is 67.3 cm³/mol. The van der Waals surface area contributed by atoms with Crippen molar-refractivity contribution in [2.45, 2.75) is 6.92 Å². The van der Waals surface area contributed by atoms with Crippen molar-refractivity contribution in [3.8, 4) is 18.4 Å². The van der Waals surface area contributed by atoms with Crippen LogP contribution in [-0.2, 0) is 4.79 Å². The molecule has 0 saturated heterocycles. The molecular weight excluding hydrogens is 212 g/mol. The van der Waals surface area contributed by atoms with Gasteiger partial charge in [0.2, 0.25) is 0 Å². The lowest BCUT2D eigenvalue weighted by Crippen LogP contribution is -2.27. The number of hydrogen-bond donors (Lipinski definition) is 0. The maximum Gasteiger partial charge on any atom is 0.253 e. The number of hydrogen-bond acceptors (Lipinski definition) is 2. The Morgan fingerprint density at radius 3 is 2.65 bits per heavy atom. The molecule has 0 unspecified atom stereocenters. The molecule has 0 aromatic heterocycles. The van der Waals surface area contributed by atoms with Gasteiger partial charge in [-0.3, -0.25) is 4.79 Å². The fraction of sp³-hybridized carbons (Fsp3) is 0.143. The first-order valence-electron chi connectivity index (χ1n) is 4.95. The molecule has 0 N–H and O–H groups in total. The zero-order valence-electron chi connectivity index (χ0n) is 9.82. The van der Waals surface area contributed by atoms with Gasteiger partial charge in [0.05, 0.1) is 11.3 Å². The van der Waals surface area contributed by atoms with E-state index in [9.17, 15) is 4.79 Å².